The van der Waals surface area contributed by atoms with Crippen LogP contribution in [-0.2, 0) is 42.6 Å². The molecule has 0 bridgehead atoms. The standard InChI is InChI=1S/C29H61NO9/c1-3-4-5-6-7-8-9-10-12-31-14-16-33-18-20-35-22-24-37-26-28-39-29-27-38-25-23-36-21-19-34-17-15-32-13-11-30-2/h30H,3-29H2,1-2H3. The van der Waals surface area contributed by atoms with E-state index in [4.69, 9.17) is 42.6 Å². The van der Waals surface area contributed by atoms with Crippen LogP contribution in [0.25, 0.3) is 0 Å². The monoisotopic (exact) mass is 567 g/mol. The largest absolute Gasteiger partial charge is 0.379 e. The molecule has 0 aromatic heterocycles. The summed E-state index contributed by atoms with van der Waals surface area (Å²) in [6, 6.07) is 0. The Hall–Kier alpha value is -0.400. The molecule has 0 saturated heterocycles. The quantitative estimate of drug-likeness (QED) is 0.113. The third-order valence-corrected chi connectivity index (χ3v) is 5.61. The molecule has 0 saturated carbocycles. The highest BCUT2D eigenvalue weighted by Gasteiger charge is 1.96. The second-order valence-electron chi connectivity index (χ2n) is 9.09. The van der Waals surface area contributed by atoms with E-state index in [1.54, 1.807) is 0 Å². The smallest absolute Gasteiger partial charge is 0.0701 e. The first-order valence-electron chi connectivity index (χ1n) is 15.3. The molecule has 10 nitrogen and oxygen atoms in total. The van der Waals surface area contributed by atoms with Crippen LogP contribution < -0.4 is 5.32 Å². The molecule has 0 spiro atoms. The van der Waals surface area contributed by atoms with E-state index in [-0.39, 0.29) is 0 Å². The molecule has 0 radical (unpaired) electrons. The zero-order chi connectivity index (χ0) is 28.2. The van der Waals surface area contributed by atoms with E-state index in [9.17, 15) is 0 Å². The van der Waals surface area contributed by atoms with Crippen LogP contribution in [0.2, 0.25) is 0 Å². The minimum atomic E-state index is 0.538. The van der Waals surface area contributed by atoms with Crippen LogP contribution in [0.1, 0.15) is 58.3 Å². The molecule has 0 aliphatic carbocycles. The molecule has 10 heteroatoms. The third kappa shape index (κ3) is 37.6. The van der Waals surface area contributed by atoms with Crippen molar-refractivity contribution in [2.45, 2.75) is 58.3 Å². The van der Waals surface area contributed by atoms with Gasteiger partial charge in [-0.15, -0.1) is 0 Å². The minimum Gasteiger partial charge on any atom is -0.379 e. The van der Waals surface area contributed by atoms with Gasteiger partial charge in [-0.3, -0.25) is 0 Å². The maximum atomic E-state index is 5.61. The molecule has 1 N–H and O–H groups in total. The topological polar surface area (TPSA) is 95.1 Å². The summed E-state index contributed by atoms with van der Waals surface area (Å²) in [6.45, 7) is 13.7. The highest BCUT2D eigenvalue weighted by atomic mass is 16.6. The number of nitrogens with one attached hydrogen (secondary N) is 1. The van der Waals surface area contributed by atoms with Crippen LogP contribution in [0.4, 0.5) is 0 Å². The zero-order valence-electron chi connectivity index (χ0n) is 25.3. The van der Waals surface area contributed by atoms with Gasteiger partial charge in [0.05, 0.1) is 112 Å². The lowest BCUT2D eigenvalue weighted by Crippen LogP contribution is -2.17. The summed E-state index contributed by atoms with van der Waals surface area (Å²) in [6.07, 6.45) is 10.6. The molecule has 0 amide bonds. The van der Waals surface area contributed by atoms with Crippen molar-refractivity contribution in [1.82, 2.24) is 5.32 Å². The summed E-state index contributed by atoms with van der Waals surface area (Å²) in [5, 5.41) is 3.02. The number of hydrogen-bond donors (Lipinski definition) is 1. The number of likely N-dealkylation sites (N-methyl/N-ethyl adjacent to an activating group) is 1. The van der Waals surface area contributed by atoms with E-state index in [1.165, 1.54) is 44.9 Å². The van der Waals surface area contributed by atoms with Crippen LogP contribution in [0.3, 0.4) is 0 Å². The molecule has 0 heterocycles. The van der Waals surface area contributed by atoms with Crippen LogP contribution in [0, 0.1) is 0 Å². The van der Waals surface area contributed by atoms with Crippen molar-refractivity contribution >= 4 is 0 Å². The summed E-state index contributed by atoms with van der Waals surface area (Å²) in [4.78, 5) is 0. The maximum Gasteiger partial charge on any atom is 0.0701 e. The van der Waals surface area contributed by atoms with Gasteiger partial charge < -0.3 is 47.9 Å². The van der Waals surface area contributed by atoms with E-state index < -0.39 is 0 Å². The summed E-state index contributed by atoms with van der Waals surface area (Å²) < 4.78 is 49.3. The number of rotatable bonds is 36. The molecule has 0 aliphatic heterocycles. The Morgan fingerprint density at radius 3 is 0.872 bits per heavy atom. The second kappa shape index (κ2) is 37.6. The van der Waals surface area contributed by atoms with Gasteiger partial charge >= 0.3 is 0 Å². The van der Waals surface area contributed by atoms with Crippen molar-refractivity contribution in [3.05, 3.63) is 0 Å². The number of hydrogen-bond acceptors (Lipinski definition) is 10. The molecule has 0 fully saturated rings. The van der Waals surface area contributed by atoms with E-state index in [0.29, 0.717) is 112 Å². The van der Waals surface area contributed by atoms with Gasteiger partial charge in [-0.25, -0.2) is 0 Å². The van der Waals surface area contributed by atoms with Crippen LogP contribution >= 0.6 is 0 Å². The first-order valence-corrected chi connectivity index (χ1v) is 15.3. The molecule has 0 aromatic carbocycles. The van der Waals surface area contributed by atoms with Crippen molar-refractivity contribution in [2.75, 3.05) is 133 Å². The summed E-state index contributed by atoms with van der Waals surface area (Å²) >= 11 is 0. The zero-order valence-corrected chi connectivity index (χ0v) is 25.3. The lowest BCUT2D eigenvalue weighted by Gasteiger charge is -2.09. The minimum absolute atomic E-state index is 0.538. The van der Waals surface area contributed by atoms with E-state index in [2.05, 4.69) is 12.2 Å². The molecule has 0 aromatic rings. The van der Waals surface area contributed by atoms with Crippen LogP contribution in [-0.4, -0.2) is 133 Å². The fourth-order valence-electron chi connectivity index (χ4n) is 3.37. The van der Waals surface area contributed by atoms with E-state index >= 15 is 0 Å². The second-order valence-corrected chi connectivity index (χ2v) is 9.09. The Kier molecular flexibility index (Phi) is 37.2. The van der Waals surface area contributed by atoms with Crippen molar-refractivity contribution in [2.24, 2.45) is 0 Å². The molecule has 0 atom stereocenters. The number of unbranched alkanes of at least 4 members (excludes halogenated alkanes) is 7. The summed E-state index contributed by atoms with van der Waals surface area (Å²) in [5.41, 5.74) is 0. The lowest BCUT2D eigenvalue weighted by atomic mass is 10.1. The van der Waals surface area contributed by atoms with Crippen molar-refractivity contribution in [1.29, 1.82) is 0 Å². The average Bonchev–Trinajstić information content (AvgIpc) is 2.95. The van der Waals surface area contributed by atoms with Gasteiger partial charge in [0.2, 0.25) is 0 Å². The van der Waals surface area contributed by atoms with Gasteiger partial charge in [-0.2, -0.15) is 0 Å². The Bertz CT molecular complexity index is 386. The Morgan fingerprint density at radius 1 is 0.308 bits per heavy atom. The lowest BCUT2D eigenvalue weighted by molar-refractivity contribution is -0.0249. The predicted octanol–water partition coefficient (Wildman–Crippen LogP) is 3.50. The molecule has 0 aliphatic rings. The first kappa shape index (κ1) is 38.6. The van der Waals surface area contributed by atoms with Crippen molar-refractivity contribution < 1.29 is 42.6 Å². The first-order chi connectivity index (χ1) is 19.4. The third-order valence-electron chi connectivity index (χ3n) is 5.61. The molecule has 39 heavy (non-hydrogen) atoms. The Balaban J connectivity index is 3.01. The van der Waals surface area contributed by atoms with Gasteiger partial charge in [0.25, 0.3) is 0 Å². The van der Waals surface area contributed by atoms with Crippen LogP contribution in [0.15, 0.2) is 0 Å². The molecular formula is C29H61NO9. The van der Waals surface area contributed by atoms with Gasteiger partial charge in [0.15, 0.2) is 0 Å². The molecule has 236 valence electrons. The maximum absolute atomic E-state index is 5.61. The molecule has 0 unspecified atom stereocenters. The van der Waals surface area contributed by atoms with E-state index in [0.717, 1.165) is 19.6 Å². The van der Waals surface area contributed by atoms with Gasteiger partial charge in [0, 0.05) is 13.2 Å². The predicted molar refractivity (Wildman–Crippen MR) is 154 cm³/mol. The fraction of sp³-hybridized carbons (Fsp3) is 1.00. The summed E-state index contributed by atoms with van der Waals surface area (Å²) in [7, 11) is 1.90. The SMILES string of the molecule is CCCCCCCCCCOCCOCCOCCOCCOCCOCCOCCOCCOCCNC. The Labute approximate surface area is 239 Å². The highest BCUT2D eigenvalue weighted by Crippen LogP contribution is 2.08. The van der Waals surface area contributed by atoms with E-state index in [1.807, 2.05) is 7.05 Å². The molecule has 0 rings (SSSR count). The van der Waals surface area contributed by atoms with Gasteiger partial charge in [-0.1, -0.05) is 51.9 Å². The van der Waals surface area contributed by atoms with Gasteiger partial charge in [0.1, 0.15) is 0 Å². The Morgan fingerprint density at radius 2 is 0.564 bits per heavy atom. The highest BCUT2D eigenvalue weighted by molar-refractivity contribution is 4.46. The van der Waals surface area contributed by atoms with Crippen molar-refractivity contribution in [3.63, 3.8) is 0 Å². The van der Waals surface area contributed by atoms with Crippen molar-refractivity contribution in [3.8, 4) is 0 Å². The average molecular weight is 568 g/mol. The number of ether oxygens (including phenoxy) is 9. The normalized spacial score (nSPS) is 11.5. The summed E-state index contributed by atoms with van der Waals surface area (Å²) in [5.74, 6) is 0. The van der Waals surface area contributed by atoms with Gasteiger partial charge in [-0.05, 0) is 13.5 Å². The van der Waals surface area contributed by atoms with Crippen LogP contribution in [0.5, 0.6) is 0 Å². The fourth-order valence-corrected chi connectivity index (χ4v) is 3.37. The molecular weight excluding hydrogens is 506 g/mol.